The smallest absolute Gasteiger partial charge is 0.228 e. The Morgan fingerprint density at radius 2 is 1.63 bits per heavy atom. The number of nitrogens with zero attached hydrogens (tertiary/aromatic N) is 7. The number of nitrogens with one attached hydrogen (secondary N) is 1. The second-order valence-corrected chi connectivity index (χ2v) is 9.18. The largest absolute Gasteiger partial charge is 0.366 e. The van der Waals surface area contributed by atoms with Gasteiger partial charge >= 0.3 is 0 Å². The molecule has 0 radical (unpaired) electrons. The Hall–Kier alpha value is -3.66. The minimum Gasteiger partial charge on any atom is -0.366 e. The molecule has 1 N–H and O–H groups in total. The Kier molecular flexibility index (Phi) is 6.06. The van der Waals surface area contributed by atoms with Crippen LogP contribution in [0.1, 0.15) is 25.7 Å². The molecule has 1 fully saturated rings. The van der Waals surface area contributed by atoms with E-state index in [1.54, 1.807) is 18.5 Å². The average Bonchev–Trinajstić information content (AvgIpc) is 3.18. The molecule has 0 spiro atoms. The maximum absolute atomic E-state index is 14.9. The number of aromatic nitrogens is 5. The fourth-order valence-electron chi connectivity index (χ4n) is 4.53. The number of anilines is 3. The zero-order chi connectivity index (χ0) is 24.7. The van der Waals surface area contributed by atoms with Gasteiger partial charge in [-0.2, -0.15) is 0 Å². The van der Waals surface area contributed by atoms with Crippen LogP contribution >= 0.6 is 0 Å². The topological polar surface area (TPSA) is 75.0 Å². The molecule has 0 aliphatic carbocycles. The molecule has 3 aromatic heterocycles. The summed E-state index contributed by atoms with van der Waals surface area (Å²) in [5, 5.41) is 3.03. The van der Waals surface area contributed by atoms with Gasteiger partial charge in [0.2, 0.25) is 5.95 Å². The molecule has 1 aromatic carbocycles. The fourth-order valence-corrected chi connectivity index (χ4v) is 4.53. The van der Waals surface area contributed by atoms with Gasteiger partial charge in [0.15, 0.2) is 5.82 Å². The number of benzene rings is 1. The summed E-state index contributed by atoms with van der Waals surface area (Å²) < 4.78 is 31.7. The molecule has 182 valence electrons. The van der Waals surface area contributed by atoms with Gasteiger partial charge in [-0.3, -0.25) is 0 Å². The first-order valence-electron chi connectivity index (χ1n) is 11.7. The van der Waals surface area contributed by atoms with Crippen molar-refractivity contribution in [2.45, 2.75) is 26.8 Å². The number of piperazine rings is 1. The van der Waals surface area contributed by atoms with Crippen molar-refractivity contribution in [3.8, 4) is 11.1 Å². The lowest BCUT2D eigenvalue weighted by atomic mass is 10.0. The molecule has 0 bridgehead atoms. The molecule has 0 saturated carbocycles. The van der Waals surface area contributed by atoms with Crippen molar-refractivity contribution in [2.75, 3.05) is 43.4 Å². The molecule has 35 heavy (non-hydrogen) atoms. The van der Waals surface area contributed by atoms with Crippen molar-refractivity contribution in [1.82, 2.24) is 29.4 Å². The van der Waals surface area contributed by atoms with Gasteiger partial charge in [0.25, 0.3) is 0 Å². The van der Waals surface area contributed by atoms with Crippen LogP contribution in [0.5, 0.6) is 0 Å². The number of likely N-dealkylation sites (N-methyl/N-ethyl adjacent to an activating group) is 1. The standard InChI is InChI=1S/C25H28F2N8/c1-15(2)35-16(3)31-24-20(26)9-17(10-22(24)35)19-11-23(28-14-21(19)27)32-25-29-12-18(13-30-25)34-7-5-33(4)6-8-34/h9-15H,5-8H2,1-4H3,(H,28,29,30,32). The lowest BCUT2D eigenvalue weighted by Crippen LogP contribution is -2.44. The van der Waals surface area contributed by atoms with E-state index in [9.17, 15) is 8.78 Å². The van der Waals surface area contributed by atoms with E-state index in [-0.39, 0.29) is 17.1 Å². The molecule has 1 aliphatic heterocycles. The summed E-state index contributed by atoms with van der Waals surface area (Å²) in [6.45, 7) is 9.67. The second-order valence-electron chi connectivity index (χ2n) is 9.18. The van der Waals surface area contributed by atoms with Crippen molar-refractivity contribution < 1.29 is 8.78 Å². The third-order valence-corrected chi connectivity index (χ3v) is 6.35. The Balaban J connectivity index is 1.42. The monoisotopic (exact) mass is 478 g/mol. The minimum atomic E-state index is -0.548. The van der Waals surface area contributed by atoms with Crippen LogP contribution in [0.4, 0.5) is 26.2 Å². The molecule has 4 heterocycles. The normalized spacial score (nSPS) is 14.8. The van der Waals surface area contributed by atoms with Crippen molar-refractivity contribution in [1.29, 1.82) is 0 Å². The molecular formula is C25H28F2N8. The molecule has 4 aromatic rings. The van der Waals surface area contributed by atoms with Crippen molar-refractivity contribution in [3.63, 3.8) is 0 Å². The average molecular weight is 479 g/mol. The van der Waals surface area contributed by atoms with E-state index in [1.165, 1.54) is 12.1 Å². The van der Waals surface area contributed by atoms with Crippen LogP contribution in [0, 0.1) is 18.6 Å². The summed E-state index contributed by atoms with van der Waals surface area (Å²) in [5.41, 5.74) is 2.50. The van der Waals surface area contributed by atoms with Gasteiger partial charge < -0.3 is 19.7 Å². The van der Waals surface area contributed by atoms with Gasteiger partial charge in [-0.05, 0) is 51.6 Å². The number of fused-ring (bicyclic) bond motifs is 1. The van der Waals surface area contributed by atoms with Crippen LogP contribution < -0.4 is 10.2 Å². The van der Waals surface area contributed by atoms with E-state index in [4.69, 9.17) is 0 Å². The van der Waals surface area contributed by atoms with Gasteiger partial charge in [-0.25, -0.2) is 28.7 Å². The summed E-state index contributed by atoms with van der Waals surface area (Å²) >= 11 is 0. The zero-order valence-corrected chi connectivity index (χ0v) is 20.3. The first kappa shape index (κ1) is 23.1. The quantitative estimate of drug-likeness (QED) is 0.451. The molecule has 10 heteroatoms. The summed E-state index contributed by atoms with van der Waals surface area (Å²) in [7, 11) is 2.11. The molecule has 0 atom stereocenters. The fraction of sp³-hybridized carbons (Fsp3) is 0.360. The molecular weight excluding hydrogens is 450 g/mol. The molecule has 8 nitrogen and oxygen atoms in total. The Morgan fingerprint density at radius 3 is 2.31 bits per heavy atom. The molecule has 1 aliphatic rings. The maximum atomic E-state index is 14.9. The molecule has 5 rings (SSSR count). The Labute approximate surface area is 202 Å². The van der Waals surface area contributed by atoms with Crippen molar-refractivity contribution in [2.24, 2.45) is 0 Å². The Morgan fingerprint density at radius 1 is 0.914 bits per heavy atom. The highest BCUT2D eigenvalue weighted by Crippen LogP contribution is 2.32. The predicted molar refractivity (Wildman–Crippen MR) is 133 cm³/mol. The van der Waals surface area contributed by atoms with Crippen molar-refractivity contribution >= 4 is 28.5 Å². The highest BCUT2D eigenvalue weighted by atomic mass is 19.1. The van der Waals surface area contributed by atoms with Gasteiger partial charge in [0, 0.05) is 37.8 Å². The van der Waals surface area contributed by atoms with E-state index < -0.39 is 11.6 Å². The first-order valence-corrected chi connectivity index (χ1v) is 11.7. The number of imidazole rings is 1. The SMILES string of the molecule is Cc1nc2c(F)cc(-c3cc(Nc4ncc(N5CCN(C)CC5)cn4)ncc3F)cc2n1C(C)C. The number of hydrogen-bond acceptors (Lipinski definition) is 7. The van der Waals surface area contributed by atoms with Gasteiger partial charge in [-0.15, -0.1) is 0 Å². The maximum Gasteiger partial charge on any atom is 0.228 e. The minimum absolute atomic E-state index is 0.0835. The number of rotatable bonds is 5. The van der Waals surface area contributed by atoms with E-state index >= 15 is 0 Å². The van der Waals surface area contributed by atoms with Crippen LogP contribution in [0.25, 0.3) is 22.2 Å². The zero-order valence-electron chi connectivity index (χ0n) is 20.3. The third-order valence-electron chi connectivity index (χ3n) is 6.35. The Bertz CT molecular complexity index is 1360. The van der Waals surface area contributed by atoms with Crippen LogP contribution in [0.15, 0.2) is 36.8 Å². The van der Waals surface area contributed by atoms with Gasteiger partial charge in [-0.1, -0.05) is 0 Å². The highest BCUT2D eigenvalue weighted by molar-refractivity contribution is 5.84. The number of halogens is 2. The van der Waals surface area contributed by atoms with E-state index in [0.29, 0.717) is 28.7 Å². The van der Waals surface area contributed by atoms with Crippen LogP contribution in [-0.2, 0) is 0 Å². The van der Waals surface area contributed by atoms with E-state index in [1.807, 2.05) is 25.3 Å². The number of aryl methyl sites for hydroxylation is 1. The van der Waals surface area contributed by atoms with Crippen LogP contribution in [0.2, 0.25) is 0 Å². The predicted octanol–water partition coefficient (Wildman–Crippen LogP) is 4.55. The first-order chi connectivity index (χ1) is 16.8. The summed E-state index contributed by atoms with van der Waals surface area (Å²) in [4.78, 5) is 21.8. The molecule has 1 saturated heterocycles. The lowest BCUT2D eigenvalue weighted by molar-refractivity contribution is 0.312. The second kappa shape index (κ2) is 9.18. The van der Waals surface area contributed by atoms with E-state index in [0.717, 1.165) is 38.1 Å². The molecule has 0 amide bonds. The van der Waals surface area contributed by atoms with Crippen molar-refractivity contribution in [3.05, 3.63) is 54.2 Å². The number of pyridine rings is 1. The molecule has 0 unspecified atom stereocenters. The third kappa shape index (κ3) is 4.53. The lowest BCUT2D eigenvalue weighted by Gasteiger charge is -2.33. The van der Waals surface area contributed by atoms with E-state index in [2.05, 4.69) is 42.1 Å². The highest BCUT2D eigenvalue weighted by Gasteiger charge is 2.18. The summed E-state index contributed by atoms with van der Waals surface area (Å²) in [6.07, 6.45) is 4.65. The van der Waals surface area contributed by atoms with Crippen LogP contribution in [0.3, 0.4) is 0 Å². The summed E-state index contributed by atoms with van der Waals surface area (Å²) in [6, 6.07) is 4.70. The van der Waals surface area contributed by atoms with Crippen LogP contribution in [-0.4, -0.2) is 62.6 Å². The van der Waals surface area contributed by atoms with Gasteiger partial charge in [0.1, 0.15) is 23.0 Å². The number of hydrogen-bond donors (Lipinski definition) is 1. The van der Waals surface area contributed by atoms with Gasteiger partial charge in [0.05, 0.1) is 29.8 Å². The summed E-state index contributed by atoms with van der Waals surface area (Å²) in [5.74, 6) is 0.383.